The van der Waals surface area contributed by atoms with Gasteiger partial charge in [0, 0.05) is 6.04 Å². The van der Waals surface area contributed by atoms with Gasteiger partial charge >= 0.3 is 0 Å². The molecule has 0 spiro atoms. The van der Waals surface area contributed by atoms with Crippen LogP contribution in [-0.2, 0) is 0 Å². The predicted molar refractivity (Wildman–Crippen MR) is 43.7 cm³/mol. The summed E-state index contributed by atoms with van der Waals surface area (Å²) in [6, 6.07) is -0.0833. The minimum absolute atomic E-state index is 0.0833. The van der Waals surface area contributed by atoms with Gasteiger partial charge < -0.3 is 10.8 Å². The predicted octanol–water partition coefficient (Wildman–Crippen LogP) is 1.13. The summed E-state index contributed by atoms with van der Waals surface area (Å²) in [5, 5.41) is 9.53. The Morgan fingerprint density at radius 1 is 1.40 bits per heavy atom. The SMILES string of the molecule is CC[C@H](N)[C@@H](O)C(C)(C)C. The second kappa shape index (κ2) is 3.35. The minimum atomic E-state index is -0.391. The van der Waals surface area contributed by atoms with Crippen LogP contribution >= 0.6 is 0 Å². The lowest BCUT2D eigenvalue weighted by Crippen LogP contribution is -2.42. The molecule has 2 nitrogen and oxygen atoms in total. The first-order valence-electron chi connectivity index (χ1n) is 3.83. The Labute approximate surface area is 63.4 Å². The van der Waals surface area contributed by atoms with Gasteiger partial charge in [-0.25, -0.2) is 0 Å². The molecule has 0 amide bonds. The van der Waals surface area contributed by atoms with E-state index in [0.717, 1.165) is 6.42 Å². The molecular weight excluding hydrogens is 126 g/mol. The van der Waals surface area contributed by atoms with Crippen LogP contribution in [0.15, 0.2) is 0 Å². The zero-order chi connectivity index (χ0) is 8.36. The van der Waals surface area contributed by atoms with Crippen LogP contribution in [0, 0.1) is 5.41 Å². The van der Waals surface area contributed by atoms with Gasteiger partial charge in [-0.05, 0) is 11.8 Å². The van der Waals surface area contributed by atoms with E-state index >= 15 is 0 Å². The van der Waals surface area contributed by atoms with Crippen LogP contribution in [0.1, 0.15) is 34.1 Å². The number of hydrogen-bond donors (Lipinski definition) is 2. The zero-order valence-electron chi connectivity index (χ0n) is 7.39. The Hall–Kier alpha value is -0.0800. The lowest BCUT2D eigenvalue weighted by atomic mass is 9.84. The second-order valence-corrected chi connectivity index (χ2v) is 3.88. The maximum Gasteiger partial charge on any atom is 0.0739 e. The van der Waals surface area contributed by atoms with Gasteiger partial charge in [0.25, 0.3) is 0 Å². The Balaban J connectivity index is 3.94. The topological polar surface area (TPSA) is 46.2 Å². The van der Waals surface area contributed by atoms with E-state index < -0.39 is 6.10 Å². The van der Waals surface area contributed by atoms with E-state index in [4.69, 9.17) is 5.73 Å². The van der Waals surface area contributed by atoms with Gasteiger partial charge in [0.1, 0.15) is 0 Å². The van der Waals surface area contributed by atoms with E-state index in [1.165, 1.54) is 0 Å². The van der Waals surface area contributed by atoms with E-state index in [1.807, 2.05) is 27.7 Å². The summed E-state index contributed by atoms with van der Waals surface area (Å²) in [6.45, 7) is 7.97. The molecule has 2 heteroatoms. The van der Waals surface area contributed by atoms with Crippen molar-refractivity contribution in [2.24, 2.45) is 11.1 Å². The highest BCUT2D eigenvalue weighted by atomic mass is 16.3. The monoisotopic (exact) mass is 145 g/mol. The standard InChI is InChI=1S/C8H19NO/c1-5-6(9)7(10)8(2,3)4/h6-7,10H,5,9H2,1-4H3/t6-,7+/m0/s1. The Kier molecular flexibility index (Phi) is 3.33. The maximum absolute atomic E-state index is 9.53. The van der Waals surface area contributed by atoms with Gasteiger partial charge in [0.05, 0.1) is 6.10 Å². The molecule has 0 saturated carbocycles. The molecule has 0 aromatic rings. The van der Waals surface area contributed by atoms with Crippen molar-refractivity contribution >= 4 is 0 Å². The van der Waals surface area contributed by atoms with Crippen molar-refractivity contribution in [2.45, 2.75) is 46.3 Å². The fourth-order valence-corrected chi connectivity index (χ4v) is 0.865. The van der Waals surface area contributed by atoms with Gasteiger partial charge in [-0.3, -0.25) is 0 Å². The van der Waals surface area contributed by atoms with Crippen molar-refractivity contribution in [1.82, 2.24) is 0 Å². The average Bonchev–Trinajstić information content (AvgIpc) is 1.83. The lowest BCUT2D eigenvalue weighted by molar-refractivity contribution is 0.0395. The molecule has 0 aliphatic carbocycles. The van der Waals surface area contributed by atoms with Crippen LogP contribution in [0.3, 0.4) is 0 Å². The van der Waals surface area contributed by atoms with Gasteiger partial charge in [-0.15, -0.1) is 0 Å². The molecule has 0 aliphatic rings. The summed E-state index contributed by atoms with van der Waals surface area (Å²) in [5.74, 6) is 0. The Morgan fingerprint density at radius 3 is 1.90 bits per heavy atom. The van der Waals surface area contributed by atoms with Crippen molar-refractivity contribution in [1.29, 1.82) is 0 Å². The van der Waals surface area contributed by atoms with Crippen molar-refractivity contribution in [3.63, 3.8) is 0 Å². The highest BCUT2D eigenvalue weighted by Gasteiger charge is 2.26. The highest BCUT2D eigenvalue weighted by Crippen LogP contribution is 2.21. The lowest BCUT2D eigenvalue weighted by Gasteiger charge is -2.30. The smallest absolute Gasteiger partial charge is 0.0739 e. The van der Waals surface area contributed by atoms with Crippen LogP contribution in [-0.4, -0.2) is 17.3 Å². The fourth-order valence-electron chi connectivity index (χ4n) is 0.865. The van der Waals surface area contributed by atoms with Crippen LogP contribution in [0.4, 0.5) is 0 Å². The molecule has 10 heavy (non-hydrogen) atoms. The molecule has 0 saturated heterocycles. The summed E-state index contributed by atoms with van der Waals surface area (Å²) in [6.07, 6.45) is 0.441. The molecule has 0 fully saturated rings. The van der Waals surface area contributed by atoms with Crippen molar-refractivity contribution < 1.29 is 5.11 Å². The summed E-state index contributed by atoms with van der Waals surface area (Å²) in [7, 11) is 0. The van der Waals surface area contributed by atoms with Crippen molar-refractivity contribution in [3.05, 3.63) is 0 Å². The largest absolute Gasteiger partial charge is 0.391 e. The number of aliphatic hydroxyl groups is 1. The average molecular weight is 145 g/mol. The van der Waals surface area contributed by atoms with Crippen LogP contribution in [0.5, 0.6) is 0 Å². The van der Waals surface area contributed by atoms with E-state index in [9.17, 15) is 5.11 Å². The maximum atomic E-state index is 9.53. The first-order valence-corrected chi connectivity index (χ1v) is 3.83. The first kappa shape index (κ1) is 9.92. The highest BCUT2D eigenvalue weighted by molar-refractivity contribution is 4.81. The molecular formula is C8H19NO. The van der Waals surface area contributed by atoms with E-state index in [0.29, 0.717) is 0 Å². The molecule has 0 aromatic carbocycles. The minimum Gasteiger partial charge on any atom is -0.391 e. The van der Waals surface area contributed by atoms with Crippen LogP contribution in [0.25, 0.3) is 0 Å². The fraction of sp³-hybridized carbons (Fsp3) is 1.00. The number of hydrogen-bond acceptors (Lipinski definition) is 2. The van der Waals surface area contributed by atoms with Crippen LogP contribution < -0.4 is 5.73 Å². The molecule has 0 rings (SSSR count). The van der Waals surface area contributed by atoms with Crippen molar-refractivity contribution in [3.8, 4) is 0 Å². The van der Waals surface area contributed by atoms with E-state index in [1.54, 1.807) is 0 Å². The third kappa shape index (κ3) is 2.67. The molecule has 3 N–H and O–H groups in total. The molecule has 0 radical (unpaired) electrons. The zero-order valence-corrected chi connectivity index (χ0v) is 7.39. The molecule has 0 unspecified atom stereocenters. The Morgan fingerprint density at radius 2 is 1.80 bits per heavy atom. The molecule has 62 valence electrons. The third-order valence-corrected chi connectivity index (χ3v) is 1.76. The van der Waals surface area contributed by atoms with Gasteiger partial charge in [0.15, 0.2) is 0 Å². The van der Waals surface area contributed by atoms with Crippen molar-refractivity contribution in [2.75, 3.05) is 0 Å². The first-order chi connectivity index (χ1) is 4.39. The quantitative estimate of drug-likeness (QED) is 0.612. The second-order valence-electron chi connectivity index (χ2n) is 3.88. The Bertz CT molecular complexity index is 95.9. The van der Waals surface area contributed by atoms with Crippen LogP contribution in [0.2, 0.25) is 0 Å². The van der Waals surface area contributed by atoms with Gasteiger partial charge in [-0.2, -0.15) is 0 Å². The third-order valence-electron chi connectivity index (χ3n) is 1.76. The number of aliphatic hydroxyl groups excluding tert-OH is 1. The summed E-state index contributed by atoms with van der Waals surface area (Å²) in [5.41, 5.74) is 5.56. The summed E-state index contributed by atoms with van der Waals surface area (Å²) in [4.78, 5) is 0. The van der Waals surface area contributed by atoms with Gasteiger partial charge in [0.2, 0.25) is 0 Å². The molecule has 0 heterocycles. The molecule has 2 atom stereocenters. The molecule has 0 aromatic heterocycles. The van der Waals surface area contributed by atoms with E-state index in [2.05, 4.69) is 0 Å². The number of nitrogens with two attached hydrogens (primary N) is 1. The summed E-state index contributed by atoms with van der Waals surface area (Å²) < 4.78 is 0. The molecule has 0 aliphatic heterocycles. The summed E-state index contributed by atoms with van der Waals surface area (Å²) >= 11 is 0. The molecule has 0 bridgehead atoms. The number of rotatable bonds is 2. The van der Waals surface area contributed by atoms with Gasteiger partial charge in [-0.1, -0.05) is 27.7 Å². The van der Waals surface area contributed by atoms with E-state index in [-0.39, 0.29) is 11.5 Å². The normalized spacial score (nSPS) is 18.6.